The Kier molecular flexibility index (Phi) is 6.13. The van der Waals surface area contributed by atoms with Gasteiger partial charge in [-0.05, 0) is 24.3 Å². The zero-order valence-electron chi connectivity index (χ0n) is 14.1. The lowest BCUT2D eigenvalue weighted by Crippen LogP contribution is -2.23. The number of nitro benzene ring substituents is 1. The Hall–Kier alpha value is -3.13. The number of nitrogens with one attached hydrogen (secondary N) is 1. The molecule has 0 spiro atoms. The van der Waals surface area contributed by atoms with E-state index in [1.165, 1.54) is 41.3 Å². The summed E-state index contributed by atoms with van der Waals surface area (Å²) < 4.78 is 5.25. The molecule has 2 amide bonds. The predicted octanol–water partition coefficient (Wildman–Crippen LogP) is 2.97. The summed E-state index contributed by atoms with van der Waals surface area (Å²) in [5, 5.41) is 13.5. The quantitative estimate of drug-likeness (QED) is 0.616. The van der Waals surface area contributed by atoms with E-state index in [0.717, 1.165) is 0 Å². The number of rotatable bonds is 6. The summed E-state index contributed by atoms with van der Waals surface area (Å²) in [6.45, 7) is -0.372. The number of carbonyl (C=O) groups is 2. The number of ether oxygens (including phenoxy) is 1. The van der Waals surface area contributed by atoms with Crippen LogP contribution in [0.15, 0.2) is 42.5 Å². The van der Waals surface area contributed by atoms with Gasteiger partial charge in [-0.15, -0.1) is 0 Å². The largest absolute Gasteiger partial charge is 0.484 e. The first-order chi connectivity index (χ1) is 12.3. The van der Waals surface area contributed by atoms with Gasteiger partial charge in [-0.1, -0.05) is 17.7 Å². The molecule has 0 aliphatic carbocycles. The van der Waals surface area contributed by atoms with Crippen LogP contribution in [0.1, 0.15) is 10.4 Å². The van der Waals surface area contributed by atoms with Crippen LogP contribution in [0.25, 0.3) is 0 Å². The highest BCUT2D eigenvalue weighted by molar-refractivity contribution is 6.33. The molecule has 136 valence electrons. The summed E-state index contributed by atoms with van der Waals surface area (Å²) in [6, 6.07) is 10.0. The van der Waals surface area contributed by atoms with Gasteiger partial charge in [-0.2, -0.15) is 0 Å². The van der Waals surface area contributed by atoms with Gasteiger partial charge in [0.05, 0.1) is 21.7 Å². The van der Waals surface area contributed by atoms with Crippen molar-refractivity contribution in [3.8, 4) is 5.75 Å². The SMILES string of the molecule is CN(C)C(=O)c1ccc(Cl)c(NC(=O)COc2cccc([N+](=O)[O-])c2)c1. The Morgan fingerprint density at radius 3 is 2.62 bits per heavy atom. The molecule has 0 aliphatic rings. The first-order valence-corrected chi connectivity index (χ1v) is 7.84. The topological polar surface area (TPSA) is 102 Å². The maximum absolute atomic E-state index is 12.0. The van der Waals surface area contributed by atoms with Crippen LogP contribution >= 0.6 is 11.6 Å². The molecule has 0 fully saturated rings. The lowest BCUT2D eigenvalue weighted by atomic mass is 10.2. The van der Waals surface area contributed by atoms with Gasteiger partial charge in [0.2, 0.25) is 0 Å². The molecule has 0 heterocycles. The zero-order valence-corrected chi connectivity index (χ0v) is 14.8. The third-order valence-electron chi connectivity index (χ3n) is 3.29. The molecule has 9 heteroatoms. The minimum Gasteiger partial charge on any atom is -0.484 e. The molecule has 26 heavy (non-hydrogen) atoms. The Morgan fingerprint density at radius 1 is 1.23 bits per heavy atom. The Balaban J connectivity index is 2.04. The highest BCUT2D eigenvalue weighted by atomic mass is 35.5. The number of anilines is 1. The van der Waals surface area contributed by atoms with Crippen LogP contribution in [0, 0.1) is 10.1 Å². The molecule has 0 saturated carbocycles. The number of hydrogen-bond acceptors (Lipinski definition) is 5. The van der Waals surface area contributed by atoms with Crippen molar-refractivity contribution >= 4 is 34.8 Å². The minimum absolute atomic E-state index is 0.138. The molecule has 8 nitrogen and oxygen atoms in total. The van der Waals surface area contributed by atoms with Crippen LogP contribution < -0.4 is 10.1 Å². The maximum Gasteiger partial charge on any atom is 0.273 e. The number of nitrogens with zero attached hydrogens (tertiary/aromatic N) is 2. The van der Waals surface area contributed by atoms with E-state index in [2.05, 4.69) is 5.32 Å². The fraction of sp³-hybridized carbons (Fsp3) is 0.176. The molecular weight excluding hydrogens is 362 g/mol. The Morgan fingerprint density at radius 2 is 1.96 bits per heavy atom. The number of nitro groups is 1. The van der Waals surface area contributed by atoms with Crippen molar-refractivity contribution in [2.75, 3.05) is 26.0 Å². The molecule has 0 radical (unpaired) electrons. The number of benzene rings is 2. The van der Waals surface area contributed by atoms with E-state index in [-0.39, 0.29) is 34.7 Å². The van der Waals surface area contributed by atoms with Crippen molar-refractivity contribution in [2.24, 2.45) is 0 Å². The molecule has 0 saturated heterocycles. The third kappa shape index (κ3) is 4.93. The number of hydrogen-bond donors (Lipinski definition) is 1. The van der Waals surface area contributed by atoms with Crippen LogP contribution in [-0.4, -0.2) is 42.3 Å². The van der Waals surface area contributed by atoms with Crippen molar-refractivity contribution in [3.63, 3.8) is 0 Å². The van der Waals surface area contributed by atoms with Gasteiger partial charge in [0.25, 0.3) is 17.5 Å². The second kappa shape index (κ2) is 8.30. The monoisotopic (exact) mass is 377 g/mol. The van der Waals surface area contributed by atoms with E-state index in [1.807, 2.05) is 0 Å². The second-order valence-electron chi connectivity index (χ2n) is 5.49. The van der Waals surface area contributed by atoms with Crippen LogP contribution in [0.5, 0.6) is 5.75 Å². The number of halogens is 1. The van der Waals surface area contributed by atoms with Crippen LogP contribution in [-0.2, 0) is 4.79 Å². The van der Waals surface area contributed by atoms with Gasteiger partial charge in [0, 0.05) is 25.7 Å². The molecule has 2 aromatic carbocycles. The summed E-state index contributed by atoms with van der Waals surface area (Å²) in [5.74, 6) is -0.560. The molecule has 0 aliphatic heterocycles. The molecular formula is C17H16ClN3O5. The van der Waals surface area contributed by atoms with E-state index in [0.29, 0.717) is 5.56 Å². The van der Waals surface area contributed by atoms with E-state index < -0.39 is 10.8 Å². The average Bonchev–Trinajstić information content (AvgIpc) is 2.61. The summed E-state index contributed by atoms with van der Waals surface area (Å²) in [4.78, 5) is 35.6. The number of carbonyl (C=O) groups excluding carboxylic acids is 2. The van der Waals surface area contributed by atoms with Gasteiger partial charge in [-0.25, -0.2) is 0 Å². The van der Waals surface area contributed by atoms with E-state index >= 15 is 0 Å². The Labute approximate surface area is 154 Å². The zero-order chi connectivity index (χ0) is 19.3. The lowest BCUT2D eigenvalue weighted by molar-refractivity contribution is -0.384. The standard InChI is InChI=1S/C17H16ClN3O5/c1-20(2)17(23)11-6-7-14(18)15(8-11)19-16(22)10-26-13-5-3-4-12(9-13)21(24)25/h3-9H,10H2,1-2H3,(H,19,22). The fourth-order valence-corrected chi connectivity index (χ4v) is 2.20. The summed E-state index contributed by atoms with van der Waals surface area (Å²) in [5.41, 5.74) is 0.502. The average molecular weight is 378 g/mol. The maximum atomic E-state index is 12.0. The highest BCUT2D eigenvalue weighted by Gasteiger charge is 2.13. The molecule has 0 bridgehead atoms. The summed E-state index contributed by atoms with van der Waals surface area (Å²) in [6.07, 6.45) is 0. The highest BCUT2D eigenvalue weighted by Crippen LogP contribution is 2.24. The molecule has 1 N–H and O–H groups in total. The van der Waals surface area contributed by atoms with Gasteiger partial charge < -0.3 is 15.0 Å². The van der Waals surface area contributed by atoms with Crippen LogP contribution in [0.2, 0.25) is 5.02 Å². The molecule has 0 atom stereocenters. The molecule has 2 rings (SSSR count). The van der Waals surface area contributed by atoms with Crippen LogP contribution in [0.3, 0.4) is 0 Å². The third-order valence-corrected chi connectivity index (χ3v) is 3.62. The van der Waals surface area contributed by atoms with Crippen molar-refractivity contribution < 1.29 is 19.2 Å². The lowest BCUT2D eigenvalue weighted by Gasteiger charge is -2.13. The Bertz CT molecular complexity index is 854. The summed E-state index contributed by atoms with van der Waals surface area (Å²) in [7, 11) is 3.23. The molecule has 2 aromatic rings. The van der Waals surface area contributed by atoms with Gasteiger partial charge >= 0.3 is 0 Å². The minimum atomic E-state index is -0.556. The van der Waals surface area contributed by atoms with Crippen molar-refractivity contribution in [3.05, 3.63) is 63.2 Å². The van der Waals surface area contributed by atoms with Crippen molar-refractivity contribution in [1.29, 1.82) is 0 Å². The molecule has 0 aromatic heterocycles. The smallest absolute Gasteiger partial charge is 0.273 e. The van der Waals surface area contributed by atoms with E-state index in [4.69, 9.17) is 16.3 Å². The van der Waals surface area contributed by atoms with E-state index in [1.54, 1.807) is 20.2 Å². The first kappa shape index (κ1) is 19.2. The van der Waals surface area contributed by atoms with E-state index in [9.17, 15) is 19.7 Å². The van der Waals surface area contributed by atoms with Gasteiger partial charge in [0.1, 0.15) is 5.75 Å². The predicted molar refractivity (Wildman–Crippen MR) is 96.7 cm³/mol. The first-order valence-electron chi connectivity index (χ1n) is 7.46. The normalized spacial score (nSPS) is 10.1. The summed E-state index contributed by atoms with van der Waals surface area (Å²) >= 11 is 6.04. The van der Waals surface area contributed by atoms with Crippen LogP contribution in [0.4, 0.5) is 11.4 Å². The molecule has 0 unspecified atom stereocenters. The number of amides is 2. The number of non-ortho nitro benzene ring substituents is 1. The fourth-order valence-electron chi connectivity index (χ4n) is 2.03. The van der Waals surface area contributed by atoms with Crippen molar-refractivity contribution in [1.82, 2.24) is 4.90 Å². The van der Waals surface area contributed by atoms with Gasteiger partial charge in [0.15, 0.2) is 6.61 Å². The van der Waals surface area contributed by atoms with Gasteiger partial charge in [-0.3, -0.25) is 19.7 Å². The second-order valence-corrected chi connectivity index (χ2v) is 5.89. The van der Waals surface area contributed by atoms with Crippen molar-refractivity contribution in [2.45, 2.75) is 0 Å².